The summed E-state index contributed by atoms with van der Waals surface area (Å²) in [4.78, 5) is 17.1. The van der Waals surface area contributed by atoms with Crippen molar-refractivity contribution in [2.45, 2.75) is 13.8 Å². The quantitative estimate of drug-likeness (QED) is 0.392. The third kappa shape index (κ3) is 4.81. The van der Waals surface area contributed by atoms with Crippen molar-refractivity contribution < 1.29 is 13.9 Å². The molecule has 0 unspecified atom stereocenters. The van der Waals surface area contributed by atoms with Gasteiger partial charge in [-0.15, -0.1) is 11.3 Å². The number of aromatic nitrogens is 1. The van der Waals surface area contributed by atoms with Gasteiger partial charge in [0.15, 0.2) is 6.61 Å². The monoisotopic (exact) mass is 432 g/mol. The van der Waals surface area contributed by atoms with Gasteiger partial charge in [-0.05, 0) is 55.3 Å². The molecule has 0 bridgehead atoms. The Hall–Kier alpha value is -3.51. The number of hydrogen-bond donors (Lipinski definition) is 1. The number of anilines is 1. The Morgan fingerprint density at radius 2 is 1.74 bits per heavy atom. The van der Waals surface area contributed by atoms with Gasteiger partial charge in [0.1, 0.15) is 16.6 Å². The lowest BCUT2D eigenvalue weighted by atomic mass is 10.1. The minimum Gasteiger partial charge on any atom is -0.484 e. The number of aryl methyl sites for hydroxylation is 2. The molecule has 4 nitrogen and oxygen atoms in total. The number of amides is 1. The van der Waals surface area contributed by atoms with Crippen LogP contribution in [0.5, 0.6) is 5.75 Å². The summed E-state index contributed by atoms with van der Waals surface area (Å²) in [5.41, 5.74) is 4.81. The number of benzene rings is 3. The zero-order valence-electron chi connectivity index (χ0n) is 17.2. The number of thiazole rings is 1. The standard InChI is InChI=1S/C25H21FN2O2S/c1-16-11-12-18(13-17(16)2)30-14-24(29)27-22-10-6-4-8-20(22)23-15-31-25(28-23)19-7-3-5-9-21(19)26/h3-13,15H,14H2,1-2H3,(H,27,29). The molecular weight excluding hydrogens is 411 g/mol. The maximum atomic E-state index is 14.1. The topological polar surface area (TPSA) is 51.2 Å². The number of carbonyl (C=O) groups excluding carboxylic acids is 1. The van der Waals surface area contributed by atoms with Gasteiger partial charge in [0.2, 0.25) is 0 Å². The number of ether oxygens (including phenoxy) is 1. The van der Waals surface area contributed by atoms with E-state index in [4.69, 9.17) is 4.74 Å². The molecule has 1 aromatic heterocycles. The van der Waals surface area contributed by atoms with E-state index in [0.717, 1.165) is 11.1 Å². The van der Waals surface area contributed by atoms with Gasteiger partial charge >= 0.3 is 0 Å². The van der Waals surface area contributed by atoms with Crippen LogP contribution in [-0.2, 0) is 4.79 Å². The highest BCUT2D eigenvalue weighted by molar-refractivity contribution is 7.13. The Balaban J connectivity index is 1.49. The first-order valence-corrected chi connectivity index (χ1v) is 10.7. The first kappa shape index (κ1) is 20.8. The van der Waals surface area contributed by atoms with E-state index in [0.29, 0.717) is 27.7 Å². The smallest absolute Gasteiger partial charge is 0.262 e. The molecule has 1 N–H and O–H groups in total. The highest BCUT2D eigenvalue weighted by Crippen LogP contribution is 2.33. The third-order valence-electron chi connectivity index (χ3n) is 4.93. The van der Waals surface area contributed by atoms with Gasteiger partial charge in [0.25, 0.3) is 5.91 Å². The van der Waals surface area contributed by atoms with Crippen molar-refractivity contribution >= 4 is 22.9 Å². The van der Waals surface area contributed by atoms with Crippen LogP contribution in [0.3, 0.4) is 0 Å². The van der Waals surface area contributed by atoms with Crippen molar-refractivity contribution in [3.8, 4) is 27.6 Å². The largest absolute Gasteiger partial charge is 0.484 e. The molecule has 0 aliphatic rings. The van der Waals surface area contributed by atoms with Crippen molar-refractivity contribution in [3.63, 3.8) is 0 Å². The molecule has 4 aromatic rings. The Morgan fingerprint density at radius 3 is 2.52 bits per heavy atom. The van der Waals surface area contributed by atoms with Crippen LogP contribution in [0.15, 0.2) is 72.1 Å². The van der Waals surface area contributed by atoms with Gasteiger partial charge < -0.3 is 10.1 Å². The number of rotatable bonds is 6. The van der Waals surface area contributed by atoms with Crippen LogP contribution >= 0.6 is 11.3 Å². The molecule has 6 heteroatoms. The Morgan fingerprint density at radius 1 is 1.00 bits per heavy atom. The lowest BCUT2D eigenvalue weighted by molar-refractivity contribution is -0.118. The fourth-order valence-electron chi connectivity index (χ4n) is 3.11. The number of para-hydroxylation sites is 1. The van der Waals surface area contributed by atoms with E-state index in [1.54, 1.807) is 18.2 Å². The molecule has 31 heavy (non-hydrogen) atoms. The van der Waals surface area contributed by atoms with Gasteiger partial charge in [-0.3, -0.25) is 4.79 Å². The average Bonchev–Trinajstić information content (AvgIpc) is 3.25. The number of hydrogen-bond acceptors (Lipinski definition) is 4. The van der Waals surface area contributed by atoms with Gasteiger partial charge in [-0.2, -0.15) is 0 Å². The van der Waals surface area contributed by atoms with Crippen LogP contribution in [0.2, 0.25) is 0 Å². The Kier molecular flexibility index (Phi) is 6.09. The zero-order chi connectivity index (χ0) is 21.8. The summed E-state index contributed by atoms with van der Waals surface area (Å²) < 4.78 is 19.7. The van der Waals surface area contributed by atoms with Gasteiger partial charge in [0.05, 0.1) is 11.4 Å². The van der Waals surface area contributed by atoms with E-state index < -0.39 is 0 Å². The number of carbonyl (C=O) groups is 1. The SMILES string of the molecule is Cc1ccc(OCC(=O)Nc2ccccc2-c2csc(-c3ccccc3F)n2)cc1C. The normalized spacial score (nSPS) is 10.7. The van der Waals surface area contributed by atoms with E-state index in [1.165, 1.54) is 23.0 Å². The molecule has 0 aliphatic heterocycles. The average molecular weight is 433 g/mol. The summed E-state index contributed by atoms with van der Waals surface area (Å²) in [5.74, 6) is 0.0734. The van der Waals surface area contributed by atoms with Crippen molar-refractivity contribution in [1.82, 2.24) is 4.98 Å². The molecule has 1 amide bonds. The van der Waals surface area contributed by atoms with Gasteiger partial charge in [-0.25, -0.2) is 9.37 Å². The molecule has 0 fully saturated rings. The molecule has 3 aromatic carbocycles. The van der Waals surface area contributed by atoms with Crippen molar-refractivity contribution in [2.24, 2.45) is 0 Å². The predicted molar refractivity (Wildman–Crippen MR) is 123 cm³/mol. The molecule has 156 valence electrons. The van der Waals surface area contributed by atoms with Crippen LogP contribution in [0.1, 0.15) is 11.1 Å². The van der Waals surface area contributed by atoms with E-state index in [1.807, 2.05) is 61.7 Å². The van der Waals surface area contributed by atoms with Crippen LogP contribution in [0.4, 0.5) is 10.1 Å². The predicted octanol–water partition coefficient (Wildman–Crippen LogP) is 6.25. The maximum absolute atomic E-state index is 14.1. The van der Waals surface area contributed by atoms with E-state index in [9.17, 15) is 9.18 Å². The number of nitrogens with one attached hydrogen (secondary N) is 1. The molecule has 0 radical (unpaired) electrons. The number of halogens is 1. The fraction of sp³-hybridized carbons (Fsp3) is 0.120. The second-order valence-corrected chi connectivity index (χ2v) is 8.00. The summed E-state index contributed by atoms with van der Waals surface area (Å²) in [6.07, 6.45) is 0. The first-order chi connectivity index (χ1) is 15.0. The van der Waals surface area contributed by atoms with Crippen LogP contribution in [-0.4, -0.2) is 17.5 Å². The summed E-state index contributed by atoms with van der Waals surface area (Å²) in [5, 5.41) is 5.34. The number of nitrogens with zero attached hydrogens (tertiary/aromatic N) is 1. The lowest BCUT2D eigenvalue weighted by Gasteiger charge is -2.11. The Bertz CT molecular complexity index is 1240. The molecular formula is C25H21FN2O2S. The minimum absolute atomic E-state index is 0.103. The molecule has 0 atom stereocenters. The summed E-state index contributed by atoms with van der Waals surface area (Å²) >= 11 is 1.36. The van der Waals surface area contributed by atoms with Crippen molar-refractivity contribution in [2.75, 3.05) is 11.9 Å². The second-order valence-electron chi connectivity index (χ2n) is 7.15. The highest BCUT2D eigenvalue weighted by atomic mass is 32.1. The second kappa shape index (κ2) is 9.10. The zero-order valence-corrected chi connectivity index (χ0v) is 18.0. The van der Waals surface area contributed by atoms with Crippen LogP contribution in [0.25, 0.3) is 21.8 Å². The first-order valence-electron chi connectivity index (χ1n) is 9.81. The van der Waals surface area contributed by atoms with Crippen molar-refractivity contribution in [1.29, 1.82) is 0 Å². The lowest BCUT2D eigenvalue weighted by Crippen LogP contribution is -2.20. The van der Waals surface area contributed by atoms with E-state index >= 15 is 0 Å². The summed E-state index contributed by atoms with van der Waals surface area (Å²) in [6, 6.07) is 19.7. The van der Waals surface area contributed by atoms with Crippen molar-refractivity contribution in [3.05, 3.63) is 89.1 Å². The third-order valence-corrected chi connectivity index (χ3v) is 5.81. The molecule has 4 rings (SSSR count). The summed E-state index contributed by atoms with van der Waals surface area (Å²) in [7, 11) is 0. The molecule has 0 saturated carbocycles. The maximum Gasteiger partial charge on any atom is 0.262 e. The Labute approximate surface area is 184 Å². The van der Waals surface area contributed by atoms with E-state index in [2.05, 4.69) is 10.3 Å². The van der Waals surface area contributed by atoms with E-state index in [-0.39, 0.29) is 18.3 Å². The van der Waals surface area contributed by atoms with Crippen LogP contribution < -0.4 is 10.1 Å². The van der Waals surface area contributed by atoms with Crippen LogP contribution in [0, 0.1) is 19.7 Å². The molecule has 0 aliphatic carbocycles. The summed E-state index contributed by atoms with van der Waals surface area (Å²) in [6.45, 7) is 3.93. The van der Waals surface area contributed by atoms with Gasteiger partial charge in [0, 0.05) is 16.5 Å². The molecule has 1 heterocycles. The fourth-order valence-corrected chi connectivity index (χ4v) is 3.96. The minimum atomic E-state index is -0.312. The molecule has 0 spiro atoms. The highest BCUT2D eigenvalue weighted by Gasteiger charge is 2.14. The molecule has 0 saturated heterocycles. The van der Waals surface area contributed by atoms with Gasteiger partial charge in [-0.1, -0.05) is 36.4 Å².